The molecular weight excluding hydrogens is 342 g/mol. The summed E-state index contributed by atoms with van der Waals surface area (Å²) in [5.41, 5.74) is 1.40. The third-order valence-electron chi connectivity index (χ3n) is 4.05. The lowest BCUT2D eigenvalue weighted by Gasteiger charge is -2.33. The van der Waals surface area contributed by atoms with Crippen LogP contribution in [0.2, 0.25) is 0 Å². The van der Waals surface area contributed by atoms with E-state index < -0.39 is 5.97 Å². The number of carbonyl (C=O) groups excluding carboxylic acids is 3. The molecule has 0 bridgehead atoms. The maximum absolute atomic E-state index is 12.2. The first kappa shape index (κ1) is 17.7. The summed E-state index contributed by atoms with van der Waals surface area (Å²) in [6.07, 6.45) is 0.910. The van der Waals surface area contributed by atoms with Gasteiger partial charge in [0, 0.05) is 26.2 Å². The molecule has 0 saturated carbocycles. The molecule has 1 aromatic carbocycles. The standard InChI is InChI=1S/C17H19N3O6/c1-2-24-17(23)20-7-5-19(6-8-20)15(21)10-25-16(22)12-3-4-13-14(9-12)26-11-18-13/h3-4,9,11H,2,5-8,10H2,1H3. The second-order valence-corrected chi connectivity index (χ2v) is 5.68. The van der Waals surface area contributed by atoms with Gasteiger partial charge in [-0.05, 0) is 25.1 Å². The van der Waals surface area contributed by atoms with E-state index >= 15 is 0 Å². The zero-order chi connectivity index (χ0) is 18.5. The predicted octanol–water partition coefficient (Wildman–Crippen LogP) is 1.29. The molecule has 1 saturated heterocycles. The number of aromatic nitrogens is 1. The Balaban J connectivity index is 1.48. The van der Waals surface area contributed by atoms with E-state index in [1.54, 1.807) is 28.9 Å². The number of ether oxygens (including phenoxy) is 2. The summed E-state index contributed by atoms with van der Waals surface area (Å²) in [5.74, 6) is -0.913. The van der Waals surface area contributed by atoms with Gasteiger partial charge in [0.2, 0.25) is 0 Å². The fourth-order valence-electron chi connectivity index (χ4n) is 2.64. The van der Waals surface area contributed by atoms with Crippen LogP contribution in [0.25, 0.3) is 11.1 Å². The van der Waals surface area contributed by atoms with Crippen LogP contribution in [0.15, 0.2) is 29.0 Å². The molecule has 1 aromatic heterocycles. The largest absolute Gasteiger partial charge is 0.452 e. The summed E-state index contributed by atoms with van der Waals surface area (Å²) in [6, 6.07) is 4.73. The Morgan fingerprint density at radius 3 is 2.58 bits per heavy atom. The first-order valence-electron chi connectivity index (χ1n) is 8.28. The van der Waals surface area contributed by atoms with Crippen molar-refractivity contribution in [2.45, 2.75) is 6.92 Å². The number of nitrogens with zero attached hydrogens (tertiary/aromatic N) is 3. The van der Waals surface area contributed by atoms with Gasteiger partial charge in [0.25, 0.3) is 5.91 Å². The number of fused-ring (bicyclic) bond motifs is 1. The van der Waals surface area contributed by atoms with Crippen LogP contribution in [0.4, 0.5) is 4.79 Å². The zero-order valence-electron chi connectivity index (χ0n) is 14.3. The summed E-state index contributed by atoms with van der Waals surface area (Å²) in [4.78, 5) is 43.0. The van der Waals surface area contributed by atoms with Crippen molar-refractivity contribution in [1.29, 1.82) is 0 Å². The lowest BCUT2D eigenvalue weighted by atomic mass is 10.2. The molecule has 1 fully saturated rings. The monoisotopic (exact) mass is 361 g/mol. The van der Waals surface area contributed by atoms with Crippen LogP contribution in [0.5, 0.6) is 0 Å². The highest BCUT2D eigenvalue weighted by molar-refractivity contribution is 5.94. The first-order chi connectivity index (χ1) is 12.6. The Morgan fingerprint density at radius 1 is 1.12 bits per heavy atom. The van der Waals surface area contributed by atoms with Crippen LogP contribution in [-0.4, -0.2) is 72.1 Å². The molecule has 1 aliphatic heterocycles. The lowest BCUT2D eigenvalue weighted by Crippen LogP contribution is -2.51. The average molecular weight is 361 g/mol. The van der Waals surface area contributed by atoms with Crippen LogP contribution >= 0.6 is 0 Å². The van der Waals surface area contributed by atoms with Crippen molar-refractivity contribution in [2.24, 2.45) is 0 Å². The third-order valence-corrected chi connectivity index (χ3v) is 4.05. The Labute approximate surface area is 149 Å². The van der Waals surface area contributed by atoms with Crippen molar-refractivity contribution in [3.63, 3.8) is 0 Å². The molecule has 0 N–H and O–H groups in total. The van der Waals surface area contributed by atoms with E-state index in [-0.39, 0.29) is 24.2 Å². The molecule has 0 radical (unpaired) electrons. The molecule has 9 nitrogen and oxygen atoms in total. The molecule has 2 amide bonds. The van der Waals surface area contributed by atoms with Crippen molar-refractivity contribution >= 4 is 29.1 Å². The fraction of sp³-hybridized carbons (Fsp3) is 0.412. The number of amides is 2. The van der Waals surface area contributed by atoms with Crippen molar-refractivity contribution in [1.82, 2.24) is 14.8 Å². The molecule has 3 rings (SSSR count). The normalized spacial score (nSPS) is 14.3. The van der Waals surface area contributed by atoms with Gasteiger partial charge >= 0.3 is 12.1 Å². The number of benzene rings is 1. The van der Waals surface area contributed by atoms with Crippen LogP contribution < -0.4 is 0 Å². The molecular formula is C17H19N3O6. The Kier molecular flexibility index (Phi) is 5.35. The summed E-state index contributed by atoms with van der Waals surface area (Å²) in [5, 5.41) is 0. The highest BCUT2D eigenvalue weighted by Crippen LogP contribution is 2.15. The zero-order valence-corrected chi connectivity index (χ0v) is 14.3. The van der Waals surface area contributed by atoms with Gasteiger partial charge in [-0.2, -0.15) is 0 Å². The van der Waals surface area contributed by atoms with Crippen LogP contribution in [0.1, 0.15) is 17.3 Å². The van der Waals surface area contributed by atoms with E-state index in [9.17, 15) is 14.4 Å². The molecule has 26 heavy (non-hydrogen) atoms. The average Bonchev–Trinajstić information content (AvgIpc) is 3.14. The summed E-state index contributed by atoms with van der Waals surface area (Å²) in [7, 11) is 0. The molecule has 1 aliphatic rings. The number of piperazine rings is 1. The number of carbonyl (C=O) groups is 3. The van der Waals surface area contributed by atoms with E-state index in [4.69, 9.17) is 13.9 Å². The van der Waals surface area contributed by atoms with E-state index in [1.165, 1.54) is 12.5 Å². The van der Waals surface area contributed by atoms with Gasteiger partial charge in [-0.25, -0.2) is 14.6 Å². The van der Waals surface area contributed by atoms with Crippen molar-refractivity contribution < 1.29 is 28.3 Å². The summed E-state index contributed by atoms with van der Waals surface area (Å²) < 4.78 is 15.2. The number of hydrogen-bond donors (Lipinski definition) is 0. The topological polar surface area (TPSA) is 102 Å². The van der Waals surface area contributed by atoms with Crippen molar-refractivity contribution in [3.8, 4) is 0 Å². The van der Waals surface area contributed by atoms with Gasteiger partial charge in [-0.15, -0.1) is 0 Å². The maximum Gasteiger partial charge on any atom is 0.409 e. The minimum absolute atomic E-state index is 0.286. The molecule has 0 spiro atoms. The van der Waals surface area contributed by atoms with E-state index in [0.717, 1.165) is 0 Å². The SMILES string of the molecule is CCOC(=O)N1CCN(C(=O)COC(=O)c2ccc3ncoc3c2)CC1. The minimum atomic E-state index is -0.609. The number of hydrogen-bond acceptors (Lipinski definition) is 7. The lowest BCUT2D eigenvalue weighted by molar-refractivity contribution is -0.136. The molecule has 0 atom stereocenters. The summed E-state index contributed by atoms with van der Waals surface area (Å²) >= 11 is 0. The number of rotatable bonds is 4. The van der Waals surface area contributed by atoms with Crippen molar-refractivity contribution in [2.75, 3.05) is 39.4 Å². The summed E-state index contributed by atoms with van der Waals surface area (Å²) in [6.45, 7) is 3.23. The number of esters is 1. The van der Waals surface area contributed by atoms with Gasteiger partial charge in [-0.3, -0.25) is 4.79 Å². The number of oxazole rings is 1. The van der Waals surface area contributed by atoms with Gasteiger partial charge in [-0.1, -0.05) is 0 Å². The van der Waals surface area contributed by atoms with E-state index in [1.807, 2.05) is 0 Å². The van der Waals surface area contributed by atoms with Gasteiger partial charge in [0.1, 0.15) is 5.52 Å². The smallest absolute Gasteiger partial charge is 0.409 e. The molecule has 2 aromatic rings. The van der Waals surface area contributed by atoms with Crippen LogP contribution in [-0.2, 0) is 14.3 Å². The highest BCUT2D eigenvalue weighted by Gasteiger charge is 2.25. The molecule has 0 aliphatic carbocycles. The minimum Gasteiger partial charge on any atom is -0.452 e. The Morgan fingerprint density at radius 2 is 1.85 bits per heavy atom. The van der Waals surface area contributed by atoms with Gasteiger partial charge < -0.3 is 23.7 Å². The molecule has 138 valence electrons. The Hall–Kier alpha value is -3.10. The van der Waals surface area contributed by atoms with Crippen LogP contribution in [0.3, 0.4) is 0 Å². The van der Waals surface area contributed by atoms with Crippen LogP contribution in [0, 0.1) is 0 Å². The first-order valence-corrected chi connectivity index (χ1v) is 8.28. The maximum atomic E-state index is 12.2. The molecule has 2 heterocycles. The third kappa shape index (κ3) is 3.93. The predicted molar refractivity (Wildman–Crippen MR) is 89.5 cm³/mol. The Bertz CT molecular complexity index is 810. The second kappa shape index (κ2) is 7.85. The van der Waals surface area contributed by atoms with Gasteiger partial charge in [0.15, 0.2) is 18.6 Å². The van der Waals surface area contributed by atoms with Crippen molar-refractivity contribution in [3.05, 3.63) is 30.2 Å². The molecule has 9 heteroatoms. The quantitative estimate of drug-likeness (QED) is 0.756. The molecule has 0 unspecified atom stereocenters. The fourth-order valence-corrected chi connectivity index (χ4v) is 2.64. The van der Waals surface area contributed by atoms with E-state index in [2.05, 4.69) is 4.98 Å². The van der Waals surface area contributed by atoms with Gasteiger partial charge in [0.05, 0.1) is 12.2 Å². The second-order valence-electron chi connectivity index (χ2n) is 5.68. The highest BCUT2D eigenvalue weighted by atomic mass is 16.6. The van der Waals surface area contributed by atoms with E-state index in [0.29, 0.717) is 43.9 Å².